The van der Waals surface area contributed by atoms with Gasteiger partial charge in [0.15, 0.2) is 0 Å². The van der Waals surface area contributed by atoms with Crippen LogP contribution in [0, 0.1) is 5.92 Å². The van der Waals surface area contributed by atoms with Crippen molar-refractivity contribution in [1.29, 1.82) is 0 Å². The molecule has 0 heterocycles. The van der Waals surface area contributed by atoms with Crippen LogP contribution in [-0.2, 0) is 46.9 Å². The van der Waals surface area contributed by atoms with Gasteiger partial charge in [0.1, 0.15) is 5.75 Å². The van der Waals surface area contributed by atoms with Gasteiger partial charge in [-0.2, -0.15) is 0 Å². The molecule has 16 heteroatoms. The minimum atomic E-state index is -4.58. The maximum absolute atomic E-state index is 14.2. The number of rotatable bonds is 16. The van der Waals surface area contributed by atoms with Gasteiger partial charge in [0.05, 0.1) is 29.9 Å². The van der Waals surface area contributed by atoms with E-state index in [4.69, 9.17) is 43.2 Å². The third-order valence-corrected chi connectivity index (χ3v) is 7.72. The Morgan fingerprint density at radius 1 is 0.723 bits per heavy atom. The molecule has 0 saturated carbocycles. The van der Waals surface area contributed by atoms with Crippen LogP contribution in [0.25, 0.3) is 0 Å². The summed E-state index contributed by atoms with van der Waals surface area (Å²) < 4.78 is 55.3. The van der Waals surface area contributed by atoms with E-state index in [1.54, 1.807) is 45.9 Å². The van der Waals surface area contributed by atoms with Crippen LogP contribution < -0.4 is 10.5 Å². The highest BCUT2D eigenvalue weighted by Gasteiger charge is 2.39. The normalized spacial score (nSPS) is 14.2. The molecule has 0 bridgehead atoms. The second kappa shape index (κ2) is 18.6. The molecule has 0 aliphatic carbocycles. The van der Waals surface area contributed by atoms with Crippen LogP contribution in [0.1, 0.15) is 64.7 Å². The number of hydrogen-bond donors (Lipinski definition) is 1. The number of nitrogens with two attached hydrogens (primary N) is 1. The standard InChI is InChI=1S/C31H40NO14P/c1-19(2)39-30(36)41-21(5)45-47(38,46-22(6)42-31(37)40-20(3)4)18-24(29(35)43-26-15-13-25(32)14-16-26)12-17-27(33)44-28(34)23-10-8-7-9-11-23/h7-11,13-16,19-22,24H,12,17-18,32H2,1-6H3. The monoisotopic (exact) mass is 681 g/mol. The summed E-state index contributed by atoms with van der Waals surface area (Å²) in [6.45, 7) is 8.73. The SMILES string of the molecule is CC(C)OC(=O)OC(C)OP(=O)(CC(CCC(=O)OC(=O)c1ccccc1)C(=O)Oc1ccc(N)cc1)OC(C)OC(=O)OC(C)C. The molecule has 0 spiro atoms. The van der Waals surface area contributed by atoms with Crippen LogP contribution in [-0.4, -0.2) is 61.2 Å². The summed E-state index contributed by atoms with van der Waals surface area (Å²) in [5.74, 6) is -4.18. The van der Waals surface area contributed by atoms with Gasteiger partial charge >= 0.3 is 37.8 Å². The van der Waals surface area contributed by atoms with E-state index in [9.17, 15) is 28.5 Å². The third-order valence-electron chi connectivity index (χ3n) is 5.60. The maximum Gasteiger partial charge on any atom is 0.510 e. The minimum absolute atomic E-state index is 0.0777. The molecule has 47 heavy (non-hydrogen) atoms. The number of carbonyl (C=O) groups is 5. The van der Waals surface area contributed by atoms with Gasteiger partial charge in [-0.3, -0.25) is 23.2 Å². The molecule has 258 valence electrons. The van der Waals surface area contributed by atoms with Gasteiger partial charge in [0.2, 0.25) is 12.6 Å². The smallest absolute Gasteiger partial charge is 0.432 e. The van der Waals surface area contributed by atoms with Crippen molar-refractivity contribution in [3.05, 3.63) is 60.2 Å². The molecule has 0 aliphatic heterocycles. The first kappa shape index (κ1) is 38.7. The van der Waals surface area contributed by atoms with Crippen LogP contribution in [0.3, 0.4) is 0 Å². The van der Waals surface area contributed by atoms with Crippen molar-refractivity contribution in [2.45, 2.75) is 79.2 Å². The number of esters is 3. The summed E-state index contributed by atoms with van der Waals surface area (Å²) >= 11 is 0. The molecule has 3 unspecified atom stereocenters. The van der Waals surface area contributed by atoms with Gasteiger partial charge in [0.25, 0.3) is 0 Å². The highest BCUT2D eigenvalue weighted by molar-refractivity contribution is 7.53. The van der Waals surface area contributed by atoms with E-state index in [1.807, 2.05) is 0 Å². The van der Waals surface area contributed by atoms with E-state index in [0.717, 1.165) is 0 Å². The summed E-state index contributed by atoms with van der Waals surface area (Å²) in [7, 11) is -4.58. The van der Waals surface area contributed by atoms with Crippen LogP contribution in [0.4, 0.5) is 15.3 Å². The summed E-state index contributed by atoms with van der Waals surface area (Å²) in [6.07, 6.45) is -8.10. The van der Waals surface area contributed by atoms with Gasteiger partial charge in [-0.15, -0.1) is 0 Å². The van der Waals surface area contributed by atoms with E-state index in [1.165, 1.54) is 50.2 Å². The first-order chi connectivity index (χ1) is 22.0. The van der Waals surface area contributed by atoms with Gasteiger partial charge in [-0.25, -0.2) is 14.4 Å². The molecule has 2 N–H and O–H groups in total. The fourth-order valence-corrected chi connectivity index (χ4v) is 5.77. The number of nitrogen functional groups attached to an aromatic ring is 1. The Kier molecular flexibility index (Phi) is 15.3. The zero-order valence-corrected chi connectivity index (χ0v) is 27.8. The quantitative estimate of drug-likeness (QED) is 0.0411. The Labute approximate surface area is 272 Å². The summed E-state index contributed by atoms with van der Waals surface area (Å²) in [5.41, 5.74) is 6.22. The molecule has 0 saturated heterocycles. The lowest BCUT2D eigenvalue weighted by Gasteiger charge is -2.27. The highest BCUT2D eigenvalue weighted by Crippen LogP contribution is 2.53. The van der Waals surface area contributed by atoms with Crippen LogP contribution in [0.2, 0.25) is 0 Å². The first-order valence-electron chi connectivity index (χ1n) is 14.6. The van der Waals surface area contributed by atoms with E-state index in [0.29, 0.717) is 5.69 Å². The lowest BCUT2D eigenvalue weighted by Crippen LogP contribution is -2.29. The summed E-state index contributed by atoms with van der Waals surface area (Å²) in [4.78, 5) is 62.4. The average Bonchev–Trinajstić information content (AvgIpc) is 2.95. The summed E-state index contributed by atoms with van der Waals surface area (Å²) in [6, 6.07) is 13.5. The molecule has 0 radical (unpaired) electrons. The zero-order valence-electron chi connectivity index (χ0n) is 26.9. The number of carbonyl (C=O) groups excluding carboxylic acids is 5. The maximum atomic E-state index is 14.2. The van der Waals surface area contributed by atoms with Crippen molar-refractivity contribution in [2.75, 3.05) is 11.9 Å². The Hall–Kier alpha value is -4.46. The first-order valence-corrected chi connectivity index (χ1v) is 16.4. The number of benzene rings is 2. The molecule has 0 amide bonds. The number of anilines is 1. The van der Waals surface area contributed by atoms with Crippen molar-refractivity contribution in [3.8, 4) is 5.75 Å². The molecular formula is C31H40NO14P. The van der Waals surface area contributed by atoms with E-state index < -0.39 is 81.1 Å². The van der Waals surface area contributed by atoms with Gasteiger partial charge in [0, 0.05) is 12.1 Å². The molecule has 15 nitrogen and oxygen atoms in total. The second-order valence-electron chi connectivity index (χ2n) is 10.6. The molecule has 2 rings (SSSR count). The molecule has 3 atom stereocenters. The van der Waals surface area contributed by atoms with Crippen molar-refractivity contribution in [2.24, 2.45) is 5.92 Å². The zero-order chi connectivity index (χ0) is 35.1. The molecular weight excluding hydrogens is 641 g/mol. The minimum Gasteiger partial charge on any atom is -0.432 e. The van der Waals surface area contributed by atoms with Crippen molar-refractivity contribution >= 4 is 43.5 Å². The van der Waals surface area contributed by atoms with Gasteiger partial charge < -0.3 is 34.2 Å². The molecule has 0 aromatic heterocycles. The lowest BCUT2D eigenvalue weighted by molar-refractivity contribution is -0.141. The van der Waals surface area contributed by atoms with E-state index in [2.05, 4.69) is 0 Å². The van der Waals surface area contributed by atoms with Gasteiger partial charge in [-0.05, 0) is 84.4 Å². The summed E-state index contributed by atoms with van der Waals surface area (Å²) in [5, 5.41) is 0. The highest BCUT2D eigenvalue weighted by atomic mass is 31.2. The fraction of sp³-hybridized carbons (Fsp3) is 0.452. The van der Waals surface area contributed by atoms with Crippen LogP contribution in [0.15, 0.2) is 54.6 Å². The third kappa shape index (κ3) is 15.1. The number of hydrogen-bond acceptors (Lipinski definition) is 15. The van der Waals surface area contributed by atoms with E-state index in [-0.39, 0.29) is 17.7 Å². The van der Waals surface area contributed by atoms with Crippen molar-refractivity contribution < 1.29 is 66.0 Å². The van der Waals surface area contributed by atoms with Gasteiger partial charge in [-0.1, -0.05) is 18.2 Å². The number of ether oxygens (including phenoxy) is 6. The molecule has 0 fully saturated rings. The van der Waals surface area contributed by atoms with Crippen LogP contribution >= 0.6 is 7.60 Å². The molecule has 2 aromatic carbocycles. The van der Waals surface area contributed by atoms with Crippen molar-refractivity contribution in [1.82, 2.24) is 0 Å². The Morgan fingerprint density at radius 2 is 1.23 bits per heavy atom. The predicted molar refractivity (Wildman–Crippen MR) is 165 cm³/mol. The molecule has 0 aliphatic rings. The predicted octanol–water partition coefficient (Wildman–Crippen LogP) is 6.00. The average molecular weight is 682 g/mol. The van der Waals surface area contributed by atoms with Crippen LogP contribution in [0.5, 0.6) is 5.75 Å². The Balaban J connectivity index is 2.31. The lowest BCUT2D eigenvalue weighted by atomic mass is 10.1. The van der Waals surface area contributed by atoms with E-state index >= 15 is 0 Å². The Bertz CT molecular complexity index is 1360. The Morgan fingerprint density at radius 3 is 1.72 bits per heavy atom. The second-order valence-corrected chi connectivity index (χ2v) is 12.6. The van der Waals surface area contributed by atoms with Crippen molar-refractivity contribution in [3.63, 3.8) is 0 Å². The fourth-order valence-electron chi connectivity index (χ4n) is 3.69. The topological polar surface area (TPSA) is 202 Å². The largest absolute Gasteiger partial charge is 0.510 e. The molecule has 2 aromatic rings.